The topological polar surface area (TPSA) is 65.4 Å². The van der Waals surface area contributed by atoms with Crippen LogP contribution in [-0.4, -0.2) is 34.5 Å². The Labute approximate surface area is 119 Å². The lowest BCUT2D eigenvalue weighted by Gasteiger charge is -2.24. The van der Waals surface area contributed by atoms with Gasteiger partial charge in [0.05, 0.1) is 25.3 Å². The Morgan fingerprint density at radius 2 is 1.50 bits per heavy atom. The lowest BCUT2D eigenvalue weighted by atomic mass is 9.98. The first-order valence-electron chi connectivity index (χ1n) is 6.69. The molecule has 0 amide bonds. The molecule has 4 nitrogen and oxygen atoms in total. The van der Waals surface area contributed by atoms with E-state index in [1.807, 2.05) is 19.1 Å². The maximum absolute atomic E-state index is 9.28. The first-order chi connectivity index (χ1) is 9.74. The number of pyridine rings is 1. The van der Waals surface area contributed by atoms with Gasteiger partial charge in [0.25, 0.3) is 0 Å². The molecule has 0 aliphatic heterocycles. The van der Waals surface area contributed by atoms with Gasteiger partial charge >= 0.3 is 0 Å². The standard InChI is InChI=1S/C16H20N2O2/c1-12-2-4-13(5-3-12)16(18-15(10-19)11-20)14-6-8-17-9-7-14/h2-9,15-16,18-20H,10-11H2,1H3/t16-/m0/s1. The number of aryl methyl sites for hydroxylation is 1. The summed E-state index contributed by atoms with van der Waals surface area (Å²) in [5.41, 5.74) is 3.34. The van der Waals surface area contributed by atoms with Gasteiger partial charge in [-0.05, 0) is 30.2 Å². The largest absolute Gasteiger partial charge is 0.395 e. The highest BCUT2D eigenvalue weighted by Gasteiger charge is 2.17. The van der Waals surface area contributed by atoms with Crippen molar-refractivity contribution in [2.24, 2.45) is 0 Å². The number of aliphatic hydroxyl groups is 2. The molecule has 0 aliphatic rings. The third-order valence-electron chi connectivity index (χ3n) is 3.29. The molecule has 0 saturated carbocycles. The van der Waals surface area contributed by atoms with Crippen molar-refractivity contribution in [2.45, 2.75) is 19.0 Å². The lowest BCUT2D eigenvalue weighted by Crippen LogP contribution is -2.38. The average molecular weight is 272 g/mol. The van der Waals surface area contributed by atoms with E-state index in [9.17, 15) is 10.2 Å². The Kier molecular flexibility index (Phi) is 5.24. The molecule has 1 aromatic heterocycles. The predicted molar refractivity (Wildman–Crippen MR) is 78.4 cm³/mol. The minimum absolute atomic E-state index is 0.0806. The molecule has 0 unspecified atom stereocenters. The molecule has 2 aromatic rings. The summed E-state index contributed by atoms with van der Waals surface area (Å²) in [6.07, 6.45) is 3.48. The molecule has 1 atom stereocenters. The highest BCUT2D eigenvalue weighted by Crippen LogP contribution is 2.22. The Balaban J connectivity index is 2.31. The SMILES string of the molecule is Cc1ccc([C@H](NC(CO)CO)c2ccncc2)cc1. The van der Waals surface area contributed by atoms with Gasteiger partial charge in [0.2, 0.25) is 0 Å². The highest BCUT2D eigenvalue weighted by atomic mass is 16.3. The maximum Gasteiger partial charge on any atom is 0.0607 e. The van der Waals surface area contributed by atoms with Crippen molar-refractivity contribution < 1.29 is 10.2 Å². The van der Waals surface area contributed by atoms with Crippen LogP contribution in [0.2, 0.25) is 0 Å². The van der Waals surface area contributed by atoms with E-state index in [2.05, 4.69) is 34.6 Å². The molecule has 0 saturated heterocycles. The summed E-state index contributed by atoms with van der Waals surface area (Å²) >= 11 is 0. The van der Waals surface area contributed by atoms with E-state index in [0.717, 1.165) is 11.1 Å². The van der Waals surface area contributed by atoms with Crippen molar-refractivity contribution in [3.8, 4) is 0 Å². The number of aliphatic hydroxyl groups excluding tert-OH is 2. The lowest BCUT2D eigenvalue weighted by molar-refractivity contribution is 0.165. The normalized spacial score (nSPS) is 12.6. The van der Waals surface area contributed by atoms with E-state index in [-0.39, 0.29) is 25.3 Å². The van der Waals surface area contributed by atoms with Gasteiger partial charge in [-0.3, -0.25) is 10.3 Å². The third kappa shape index (κ3) is 3.63. The highest BCUT2D eigenvalue weighted by molar-refractivity contribution is 5.32. The average Bonchev–Trinajstić information content (AvgIpc) is 2.51. The Morgan fingerprint density at radius 3 is 2.05 bits per heavy atom. The van der Waals surface area contributed by atoms with Crippen LogP contribution in [0.4, 0.5) is 0 Å². The van der Waals surface area contributed by atoms with Crippen LogP contribution in [0.25, 0.3) is 0 Å². The maximum atomic E-state index is 9.28. The predicted octanol–water partition coefficient (Wildman–Crippen LogP) is 1.42. The van der Waals surface area contributed by atoms with Crippen LogP contribution >= 0.6 is 0 Å². The van der Waals surface area contributed by atoms with Crippen molar-refractivity contribution in [3.63, 3.8) is 0 Å². The number of hydrogen-bond donors (Lipinski definition) is 3. The van der Waals surface area contributed by atoms with Gasteiger partial charge in [-0.2, -0.15) is 0 Å². The molecule has 1 aromatic carbocycles. The summed E-state index contributed by atoms with van der Waals surface area (Å²) in [4.78, 5) is 4.03. The molecular weight excluding hydrogens is 252 g/mol. The molecule has 0 spiro atoms. The molecule has 2 rings (SSSR count). The Morgan fingerprint density at radius 1 is 0.950 bits per heavy atom. The van der Waals surface area contributed by atoms with Crippen molar-refractivity contribution in [2.75, 3.05) is 13.2 Å². The summed E-state index contributed by atoms with van der Waals surface area (Å²) in [5.74, 6) is 0. The fourth-order valence-electron chi connectivity index (χ4n) is 2.10. The van der Waals surface area contributed by atoms with Crippen LogP contribution in [0.1, 0.15) is 22.7 Å². The zero-order valence-corrected chi connectivity index (χ0v) is 11.5. The van der Waals surface area contributed by atoms with Gasteiger partial charge < -0.3 is 10.2 Å². The second-order valence-corrected chi connectivity index (χ2v) is 4.85. The van der Waals surface area contributed by atoms with E-state index >= 15 is 0 Å². The van der Waals surface area contributed by atoms with Crippen LogP contribution in [0.5, 0.6) is 0 Å². The molecule has 0 fully saturated rings. The summed E-state index contributed by atoms with van der Waals surface area (Å²) < 4.78 is 0. The fourth-order valence-corrected chi connectivity index (χ4v) is 2.10. The van der Waals surface area contributed by atoms with Gasteiger partial charge in [-0.25, -0.2) is 0 Å². The monoisotopic (exact) mass is 272 g/mol. The van der Waals surface area contributed by atoms with Crippen molar-refractivity contribution in [3.05, 3.63) is 65.5 Å². The quantitative estimate of drug-likeness (QED) is 0.744. The zero-order valence-electron chi connectivity index (χ0n) is 11.5. The van der Waals surface area contributed by atoms with Gasteiger partial charge in [-0.1, -0.05) is 29.8 Å². The number of nitrogens with zero attached hydrogens (tertiary/aromatic N) is 1. The van der Waals surface area contributed by atoms with Crippen molar-refractivity contribution in [1.29, 1.82) is 0 Å². The Hall–Kier alpha value is -1.75. The van der Waals surface area contributed by atoms with Gasteiger partial charge in [0, 0.05) is 12.4 Å². The van der Waals surface area contributed by atoms with Crippen LogP contribution < -0.4 is 5.32 Å². The summed E-state index contributed by atoms with van der Waals surface area (Å²) in [5, 5.41) is 21.8. The van der Waals surface area contributed by atoms with E-state index in [1.54, 1.807) is 12.4 Å². The van der Waals surface area contributed by atoms with E-state index < -0.39 is 0 Å². The molecule has 20 heavy (non-hydrogen) atoms. The zero-order chi connectivity index (χ0) is 14.4. The van der Waals surface area contributed by atoms with E-state index in [1.165, 1.54) is 5.56 Å². The van der Waals surface area contributed by atoms with E-state index in [0.29, 0.717) is 0 Å². The minimum Gasteiger partial charge on any atom is -0.395 e. The number of benzene rings is 1. The van der Waals surface area contributed by atoms with Gasteiger partial charge in [0.1, 0.15) is 0 Å². The summed E-state index contributed by atoms with van der Waals surface area (Å²) in [7, 11) is 0. The number of aromatic nitrogens is 1. The van der Waals surface area contributed by atoms with Crippen LogP contribution in [-0.2, 0) is 0 Å². The third-order valence-corrected chi connectivity index (χ3v) is 3.29. The summed E-state index contributed by atoms with van der Waals surface area (Å²) in [6.45, 7) is 1.83. The van der Waals surface area contributed by atoms with Gasteiger partial charge in [0.15, 0.2) is 0 Å². The Bertz CT molecular complexity index is 510. The van der Waals surface area contributed by atoms with Crippen LogP contribution in [0.3, 0.4) is 0 Å². The molecule has 0 bridgehead atoms. The van der Waals surface area contributed by atoms with Crippen LogP contribution in [0, 0.1) is 6.92 Å². The fraction of sp³-hybridized carbons (Fsp3) is 0.312. The second-order valence-electron chi connectivity index (χ2n) is 4.85. The first kappa shape index (κ1) is 14.7. The smallest absolute Gasteiger partial charge is 0.0607 e. The van der Waals surface area contributed by atoms with E-state index in [4.69, 9.17) is 0 Å². The molecule has 0 aliphatic carbocycles. The number of hydrogen-bond acceptors (Lipinski definition) is 4. The number of nitrogens with one attached hydrogen (secondary N) is 1. The van der Waals surface area contributed by atoms with Gasteiger partial charge in [-0.15, -0.1) is 0 Å². The second kappa shape index (κ2) is 7.14. The molecule has 106 valence electrons. The molecular formula is C16H20N2O2. The molecule has 0 radical (unpaired) electrons. The molecule has 1 heterocycles. The van der Waals surface area contributed by atoms with Crippen molar-refractivity contribution in [1.82, 2.24) is 10.3 Å². The molecule has 3 N–H and O–H groups in total. The first-order valence-corrected chi connectivity index (χ1v) is 6.69. The van der Waals surface area contributed by atoms with Crippen molar-refractivity contribution >= 4 is 0 Å². The summed E-state index contributed by atoms with van der Waals surface area (Å²) in [6, 6.07) is 11.7. The number of rotatable bonds is 6. The minimum atomic E-state index is -0.352. The molecule has 4 heteroatoms. The van der Waals surface area contributed by atoms with Crippen LogP contribution in [0.15, 0.2) is 48.8 Å².